The number of aromatic nitrogens is 2. The Hall–Kier alpha value is -2.14. The molecule has 24 heavy (non-hydrogen) atoms. The van der Waals surface area contributed by atoms with Crippen LogP contribution in [0.2, 0.25) is 0 Å². The van der Waals surface area contributed by atoms with Crippen LogP contribution in [0.25, 0.3) is 0 Å². The summed E-state index contributed by atoms with van der Waals surface area (Å²) in [6.45, 7) is 4.58. The van der Waals surface area contributed by atoms with Gasteiger partial charge in [-0.2, -0.15) is 0 Å². The number of pyridine rings is 1. The van der Waals surface area contributed by atoms with E-state index in [1.807, 2.05) is 53.8 Å². The van der Waals surface area contributed by atoms with Crippen LogP contribution >= 0.6 is 0 Å². The van der Waals surface area contributed by atoms with Gasteiger partial charge in [-0.3, -0.25) is 9.78 Å². The molecule has 0 radical (unpaired) electrons. The predicted molar refractivity (Wildman–Crippen MR) is 94.8 cm³/mol. The van der Waals surface area contributed by atoms with E-state index in [9.17, 15) is 4.79 Å². The molecule has 1 amide bonds. The number of hydrogen-bond acceptors (Lipinski definition) is 3. The first-order valence-corrected chi connectivity index (χ1v) is 8.70. The molecule has 3 heterocycles. The third-order valence-electron chi connectivity index (χ3n) is 4.90. The normalized spacial score (nSPS) is 18.2. The molecule has 5 nitrogen and oxygen atoms in total. The second-order valence-electron chi connectivity index (χ2n) is 6.51. The number of rotatable bonds is 4. The van der Waals surface area contributed by atoms with Gasteiger partial charge in [0.05, 0.1) is 12.2 Å². The smallest absolute Gasteiger partial charge is 0.271 e. The van der Waals surface area contributed by atoms with E-state index in [1.165, 1.54) is 0 Å². The van der Waals surface area contributed by atoms with Crippen LogP contribution in [-0.2, 0) is 13.6 Å². The molecule has 2 aromatic rings. The highest BCUT2D eigenvalue weighted by molar-refractivity contribution is 5.93. The van der Waals surface area contributed by atoms with E-state index >= 15 is 0 Å². The van der Waals surface area contributed by atoms with Crippen molar-refractivity contribution < 1.29 is 4.79 Å². The first-order valence-electron chi connectivity index (χ1n) is 8.70. The van der Waals surface area contributed by atoms with Crippen LogP contribution in [0.3, 0.4) is 0 Å². The standard InChI is InChI=1S/C19H26N4O/c1-15-8-9-18(22(15)2)19(24)23(14-16-6-3-4-12-21-16)17-7-5-11-20-13-10-17/h3-4,6,8-9,12,17,20H,5,7,10-11,13-14H2,1-2H3. The van der Waals surface area contributed by atoms with Gasteiger partial charge >= 0.3 is 0 Å². The molecular weight excluding hydrogens is 300 g/mol. The molecule has 0 bridgehead atoms. The Balaban J connectivity index is 1.88. The zero-order valence-corrected chi connectivity index (χ0v) is 14.5. The fourth-order valence-electron chi connectivity index (χ4n) is 3.32. The van der Waals surface area contributed by atoms with Crippen LogP contribution in [-0.4, -0.2) is 39.5 Å². The fraction of sp³-hybridized carbons (Fsp3) is 0.474. The van der Waals surface area contributed by atoms with Crippen LogP contribution in [0.5, 0.6) is 0 Å². The third kappa shape index (κ3) is 3.67. The van der Waals surface area contributed by atoms with Crippen molar-refractivity contribution in [3.63, 3.8) is 0 Å². The summed E-state index contributed by atoms with van der Waals surface area (Å²) in [5, 5.41) is 3.43. The van der Waals surface area contributed by atoms with Gasteiger partial charge in [0, 0.05) is 25.0 Å². The van der Waals surface area contributed by atoms with Crippen molar-refractivity contribution in [1.29, 1.82) is 0 Å². The van der Waals surface area contributed by atoms with Crippen molar-refractivity contribution >= 4 is 5.91 Å². The average Bonchev–Trinajstić information content (AvgIpc) is 2.81. The summed E-state index contributed by atoms with van der Waals surface area (Å²) in [6, 6.07) is 10.1. The summed E-state index contributed by atoms with van der Waals surface area (Å²) in [4.78, 5) is 19.7. The van der Waals surface area contributed by atoms with Gasteiger partial charge in [0.15, 0.2) is 0 Å². The Kier molecular flexibility index (Phi) is 5.30. The molecule has 1 atom stereocenters. The molecule has 2 aromatic heterocycles. The van der Waals surface area contributed by atoms with Gasteiger partial charge in [-0.05, 0) is 63.5 Å². The summed E-state index contributed by atoms with van der Waals surface area (Å²) in [6.07, 6.45) is 4.92. The summed E-state index contributed by atoms with van der Waals surface area (Å²) in [7, 11) is 1.95. The zero-order chi connectivity index (χ0) is 16.9. The molecule has 1 N–H and O–H groups in total. The SMILES string of the molecule is Cc1ccc(C(=O)N(Cc2ccccn2)C2CCCNCC2)n1C. The molecule has 1 aliphatic rings. The van der Waals surface area contributed by atoms with Crippen molar-refractivity contribution in [3.05, 3.63) is 53.6 Å². The van der Waals surface area contributed by atoms with Gasteiger partial charge < -0.3 is 14.8 Å². The van der Waals surface area contributed by atoms with Gasteiger partial charge in [-0.25, -0.2) is 0 Å². The minimum Gasteiger partial charge on any atom is -0.344 e. The lowest BCUT2D eigenvalue weighted by atomic mass is 10.1. The van der Waals surface area contributed by atoms with Crippen molar-refractivity contribution in [3.8, 4) is 0 Å². The second-order valence-corrected chi connectivity index (χ2v) is 6.51. The summed E-state index contributed by atoms with van der Waals surface area (Å²) >= 11 is 0. The van der Waals surface area contributed by atoms with Gasteiger partial charge in [-0.15, -0.1) is 0 Å². The maximum Gasteiger partial charge on any atom is 0.271 e. The topological polar surface area (TPSA) is 50.2 Å². The largest absolute Gasteiger partial charge is 0.344 e. The summed E-state index contributed by atoms with van der Waals surface area (Å²) < 4.78 is 1.97. The summed E-state index contributed by atoms with van der Waals surface area (Å²) in [5.41, 5.74) is 2.79. The van der Waals surface area contributed by atoms with Crippen LogP contribution < -0.4 is 5.32 Å². The van der Waals surface area contributed by atoms with Gasteiger partial charge in [0.2, 0.25) is 0 Å². The molecular formula is C19H26N4O. The van der Waals surface area contributed by atoms with Gasteiger partial charge in [-0.1, -0.05) is 6.07 Å². The Morgan fingerprint density at radius 3 is 2.88 bits per heavy atom. The number of nitrogens with zero attached hydrogens (tertiary/aromatic N) is 3. The third-order valence-corrected chi connectivity index (χ3v) is 4.90. The number of amides is 1. The van der Waals surface area contributed by atoms with E-state index in [1.54, 1.807) is 6.20 Å². The Labute approximate surface area is 143 Å². The lowest BCUT2D eigenvalue weighted by Crippen LogP contribution is -2.41. The lowest BCUT2D eigenvalue weighted by Gasteiger charge is -2.31. The Morgan fingerprint density at radius 1 is 1.29 bits per heavy atom. The number of carbonyl (C=O) groups excluding carboxylic acids is 1. The molecule has 0 aliphatic carbocycles. The first kappa shape index (κ1) is 16.7. The number of carbonyl (C=O) groups is 1. The van der Waals surface area contributed by atoms with E-state index in [4.69, 9.17) is 0 Å². The highest BCUT2D eigenvalue weighted by Gasteiger charge is 2.27. The minimum atomic E-state index is 0.100. The average molecular weight is 326 g/mol. The number of hydrogen-bond donors (Lipinski definition) is 1. The molecule has 1 aliphatic heterocycles. The van der Waals surface area contributed by atoms with Crippen molar-refractivity contribution in [2.45, 2.75) is 38.8 Å². The quantitative estimate of drug-likeness (QED) is 0.939. The van der Waals surface area contributed by atoms with E-state index in [0.29, 0.717) is 6.54 Å². The molecule has 128 valence electrons. The molecule has 1 saturated heterocycles. The molecule has 1 unspecified atom stereocenters. The van der Waals surface area contributed by atoms with Crippen LogP contribution in [0.4, 0.5) is 0 Å². The van der Waals surface area contributed by atoms with E-state index in [2.05, 4.69) is 10.3 Å². The van der Waals surface area contributed by atoms with E-state index < -0.39 is 0 Å². The molecule has 0 spiro atoms. The van der Waals surface area contributed by atoms with Crippen molar-refractivity contribution in [2.75, 3.05) is 13.1 Å². The maximum atomic E-state index is 13.3. The Bertz CT molecular complexity index is 672. The first-order chi connectivity index (χ1) is 11.7. The summed E-state index contributed by atoms with van der Waals surface area (Å²) in [5.74, 6) is 0.100. The predicted octanol–water partition coefficient (Wildman–Crippen LogP) is 2.51. The van der Waals surface area contributed by atoms with Crippen molar-refractivity contribution in [2.24, 2.45) is 7.05 Å². The molecule has 5 heteroatoms. The molecule has 0 saturated carbocycles. The highest BCUT2D eigenvalue weighted by Crippen LogP contribution is 2.20. The number of nitrogens with one attached hydrogen (secondary N) is 1. The van der Waals surface area contributed by atoms with Gasteiger partial charge in [0.25, 0.3) is 5.91 Å². The minimum absolute atomic E-state index is 0.100. The molecule has 0 aromatic carbocycles. The van der Waals surface area contributed by atoms with Crippen LogP contribution in [0.1, 0.15) is 41.1 Å². The lowest BCUT2D eigenvalue weighted by molar-refractivity contribution is 0.0632. The second kappa shape index (κ2) is 7.62. The number of aryl methyl sites for hydroxylation is 1. The maximum absolute atomic E-state index is 13.3. The van der Waals surface area contributed by atoms with Crippen LogP contribution in [0.15, 0.2) is 36.5 Å². The molecule has 1 fully saturated rings. The highest BCUT2D eigenvalue weighted by atomic mass is 16.2. The van der Waals surface area contributed by atoms with Crippen molar-refractivity contribution in [1.82, 2.24) is 19.8 Å². The van der Waals surface area contributed by atoms with E-state index in [0.717, 1.165) is 49.4 Å². The van der Waals surface area contributed by atoms with Gasteiger partial charge in [0.1, 0.15) is 5.69 Å². The van der Waals surface area contributed by atoms with Crippen LogP contribution in [0, 0.1) is 6.92 Å². The Morgan fingerprint density at radius 2 is 2.17 bits per heavy atom. The zero-order valence-electron chi connectivity index (χ0n) is 14.5. The monoisotopic (exact) mass is 326 g/mol. The fourth-order valence-corrected chi connectivity index (χ4v) is 3.32. The molecule has 3 rings (SSSR count). The van der Waals surface area contributed by atoms with E-state index in [-0.39, 0.29) is 11.9 Å².